The van der Waals surface area contributed by atoms with E-state index in [1.54, 1.807) is 12.1 Å². The third-order valence-corrected chi connectivity index (χ3v) is 4.41. The number of guanidine groups is 1. The van der Waals surface area contributed by atoms with Gasteiger partial charge in [-0.2, -0.15) is 8.78 Å². The quantitative estimate of drug-likeness (QED) is 0.507. The molecule has 1 saturated heterocycles. The van der Waals surface area contributed by atoms with Crippen LogP contribution in [0.3, 0.4) is 0 Å². The second-order valence-electron chi connectivity index (χ2n) is 6.38. The average Bonchev–Trinajstić information content (AvgIpc) is 2.67. The minimum atomic E-state index is -2.89. The van der Waals surface area contributed by atoms with Crippen LogP contribution in [0.5, 0.6) is 11.5 Å². The van der Waals surface area contributed by atoms with E-state index in [4.69, 9.17) is 4.74 Å². The van der Waals surface area contributed by atoms with Gasteiger partial charge in [-0.3, -0.25) is 0 Å². The Labute approximate surface area is 159 Å². The molecule has 8 heteroatoms. The molecule has 0 amide bonds. The Balaban J connectivity index is 1.96. The third-order valence-electron chi connectivity index (χ3n) is 4.41. The summed E-state index contributed by atoms with van der Waals surface area (Å²) < 4.78 is 35.0. The molecule has 0 unspecified atom stereocenters. The molecule has 1 aliphatic heterocycles. The van der Waals surface area contributed by atoms with Crippen molar-refractivity contribution in [1.82, 2.24) is 15.5 Å². The van der Waals surface area contributed by atoms with Crippen molar-refractivity contribution in [3.63, 3.8) is 0 Å². The van der Waals surface area contributed by atoms with Crippen molar-refractivity contribution in [2.24, 2.45) is 4.99 Å². The summed E-state index contributed by atoms with van der Waals surface area (Å²) in [6, 6.07) is 4.85. The fourth-order valence-electron chi connectivity index (χ4n) is 3.02. The van der Waals surface area contributed by atoms with Gasteiger partial charge in [-0.1, -0.05) is 6.42 Å². The zero-order valence-corrected chi connectivity index (χ0v) is 16.1. The number of hydrogen-bond donors (Lipinski definition) is 2. The number of halogens is 2. The Bertz CT molecular complexity index is 593. The lowest BCUT2D eigenvalue weighted by Crippen LogP contribution is -2.42. The second-order valence-corrected chi connectivity index (χ2v) is 6.38. The van der Waals surface area contributed by atoms with Crippen LogP contribution in [0.25, 0.3) is 0 Å². The molecule has 1 aromatic rings. The average molecular weight is 384 g/mol. The van der Waals surface area contributed by atoms with Crippen molar-refractivity contribution in [3.05, 3.63) is 23.8 Å². The molecule has 6 nitrogen and oxygen atoms in total. The van der Waals surface area contributed by atoms with Crippen LogP contribution in [0.1, 0.15) is 31.7 Å². The van der Waals surface area contributed by atoms with Crippen LogP contribution in [0, 0.1) is 0 Å². The number of benzene rings is 1. The molecule has 1 heterocycles. The Morgan fingerprint density at radius 3 is 2.67 bits per heavy atom. The molecule has 0 aliphatic carbocycles. The number of likely N-dealkylation sites (tertiary alicyclic amines) is 1. The predicted octanol–water partition coefficient (Wildman–Crippen LogP) is 2.84. The maximum absolute atomic E-state index is 12.7. The molecule has 2 rings (SSSR count). The van der Waals surface area contributed by atoms with Crippen molar-refractivity contribution < 1.29 is 18.3 Å². The Kier molecular flexibility index (Phi) is 9.10. The number of rotatable bonds is 9. The highest BCUT2D eigenvalue weighted by Gasteiger charge is 2.12. The number of alkyl halides is 2. The summed E-state index contributed by atoms with van der Waals surface area (Å²) in [6.07, 6.45) is 3.84. The first-order chi connectivity index (χ1) is 13.1. The number of methoxy groups -OCH3 is 1. The number of nitrogens with zero attached hydrogens (tertiary/aromatic N) is 2. The van der Waals surface area contributed by atoms with Gasteiger partial charge in [0.25, 0.3) is 0 Å². The zero-order valence-electron chi connectivity index (χ0n) is 16.1. The van der Waals surface area contributed by atoms with E-state index < -0.39 is 6.61 Å². The highest BCUT2D eigenvalue weighted by Crippen LogP contribution is 2.27. The molecule has 0 radical (unpaired) electrons. The lowest BCUT2D eigenvalue weighted by atomic mass is 10.1. The largest absolute Gasteiger partial charge is 0.497 e. The topological polar surface area (TPSA) is 58.1 Å². The molecule has 152 valence electrons. The van der Waals surface area contributed by atoms with Gasteiger partial charge in [0.2, 0.25) is 0 Å². The Morgan fingerprint density at radius 2 is 2.00 bits per heavy atom. The monoisotopic (exact) mass is 384 g/mol. The molecule has 0 bridgehead atoms. The maximum Gasteiger partial charge on any atom is 0.387 e. The van der Waals surface area contributed by atoms with Gasteiger partial charge in [-0.05, 0) is 45.0 Å². The minimum absolute atomic E-state index is 0.0808. The van der Waals surface area contributed by atoms with E-state index in [9.17, 15) is 8.78 Å². The van der Waals surface area contributed by atoms with Gasteiger partial charge in [-0.25, -0.2) is 4.99 Å². The number of ether oxygens (including phenoxy) is 2. The predicted molar refractivity (Wildman–Crippen MR) is 103 cm³/mol. The van der Waals surface area contributed by atoms with E-state index >= 15 is 0 Å². The minimum Gasteiger partial charge on any atom is -0.497 e. The van der Waals surface area contributed by atoms with Crippen LogP contribution in [-0.4, -0.2) is 57.3 Å². The summed E-state index contributed by atoms with van der Waals surface area (Å²) in [5.41, 5.74) is 0.573. The van der Waals surface area contributed by atoms with Crippen LogP contribution >= 0.6 is 0 Å². The number of hydrogen-bond acceptors (Lipinski definition) is 4. The van der Waals surface area contributed by atoms with E-state index in [0.717, 1.165) is 32.7 Å². The molecular formula is C19H30F2N4O2. The molecule has 1 aliphatic rings. The Hall–Kier alpha value is -2.09. The summed E-state index contributed by atoms with van der Waals surface area (Å²) in [6.45, 7) is 4.09. The first-order valence-electron chi connectivity index (χ1n) is 9.48. The van der Waals surface area contributed by atoms with Crippen LogP contribution in [0.4, 0.5) is 8.78 Å². The molecule has 1 aromatic carbocycles. The van der Waals surface area contributed by atoms with Crippen LogP contribution in [0.15, 0.2) is 23.2 Å². The standard InChI is InChI=1S/C19H30F2N4O2/c1-3-22-19(23-9-12-25-10-5-4-6-11-25)24-14-15-7-8-16(26-2)13-17(15)27-18(20)21/h7-8,13,18H,3-6,9-12,14H2,1-2H3,(H2,22,23,24). The highest BCUT2D eigenvalue weighted by molar-refractivity contribution is 5.79. The van der Waals surface area contributed by atoms with Gasteiger partial charge in [-0.15, -0.1) is 0 Å². The SMILES string of the molecule is CCNC(=NCc1ccc(OC)cc1OC(F)F)NCCN1CCCCC1. The van der Waals surface area contributed by atoms with Gasteiger partial charge < -0.3 is 25.0 Å². The van der Waals surface area contributed by atoms with Gasteiger partial charge in [0.15, 0.2) is 5.96 Å². The van der Waals surface area contributed by atoms with Crippen molar-refractivity contribution in [3.8, 4) is 11.5 Å². The number of nitrogens with one attached hydrogen (secondary N) is 2. The van der Waals surface area contributed by atoms with Gasteiger partial charge in [0, 0.05) is 31.3 Å². The lowest BCUT2D eigenvalue weighted by Gasteiger charge is -2.26. The number of piperidine rings is 1. The molecule has 0 spiro atoms. The molecule has 0 aromatic heterocycles. The molecule has 0 saturated carbocycles. The van der Waals surface area contributed by atoms with E-state index in [2.05, 4.69) is 25.3 Å². The van der Waals surface area contributed by atoms with Crippen molar-refractivity contribution in [2.45, 2.75) is 39.3 Å². The zero-order chi connectivity index (χ0) is 19.5. The molecular weight excluding hydrogens is 354 g/mol. The summed E-state index contributed by atoms with van der Waals surface area (Å²) in [7, 11) is 1.48. The molecule has 1 fully saturated rings. The normalized spacial score (nSPS) is 15.7. The first-order valence-corrected chi connectivity index (χ1v) is 9.48. The van der Waals surface area contributed by atoms with Crippen molar-refractivity contribution >= 4 is 5.96 Å². The van der Waals surface area contributed by atoms with E-state index in [0.29, 0.717) is 17.3 Å². The van der Waals surface area contributed by atoms with Crippen LogP contribution < -0.4 is 20.1 Å². The van der Waals surface area contributed by atoms with Crippen molar-refractivity contribution in [2.75, 3.05) is 39.8 Å². The third kappa shape index (κ3) is 7.58. The molecule has 2 N–H and O–H groups in total. The van der Waals surface area contributed by atoms with Gasteiger partial charge in [0.1, 0.15) is 11.5 Å². The fourth-order valence-corrected chi connectivity index (χ4v) is 3.02. The van der Waals surface area contributed by atoms with Gasteiger partial charge in [0.05, 0.1) is 13.7 Å². The maximum atomic E-state index is 12.7. The number of aliphatic imine (C=N–C) groups is 1. The van der Waals surface area contributed by atoms with Crippen LogP contribution in [-0.2, 0) is 6.54 Å². The van der Waals surface area contributed by atoms with Crippen molar-refractivity contribution in [1.29, 1.82) is 0 Å². The summed E-state index contributed by atoms with van der Waals surface area (Å²) in [5.74, 6) is 1.20. The van der Waals surface area contributed by atoms with Gasteiger partial charge >= 0.3 is 6.61 Å². The second kappa shape index (κ2) is 11.6. The van der Waals surface area contributed by atoms with E-state index in [-0.39, 0.29) is 12.3 Å². The van der Waals surface area contributed by atoms with E-state index in [1.165, 1.54) is 32.4 Å². The van der Waals surface area contributed by atoms with Crippen LogP contribution in [0.2, 0.25) is 0 Å². The lowest BCUT2D eigenvalue weighted by molar-refractivity contribution is -0.0505. The first kappa shape index (κ1) is 21.2. The van der Waals surface area contributed by atoms with E-state index in [1.807, 2.05) is 6.92 Å². The summed E-state index contributed by atoms with van der Waals surface area (Å²) in [4.78, 5) is 6.94. The summed E-state index contributed by atoms with van der Waals surface area (Å²) in [5, 5.41) is 6.48. The smallest absolute Gasteiger partial charge is 0.387 e. The summed E-state index contributed by atoms with van der Waals surface area (Å²) >= 11 is 0. The molecule has 27 heavy (non-hydrogen) atoms. The Morgan fingerprint density at radius 1 is 1.22 bits per heavy atom. The fraction of sp³-hybridized carbons (Fsp3) is 0.632. The molecule has 0 atom stereocenters. The highest BCUT2D eigenvalue weighted by atomic mass is 19.3.